The summed E-state index contributed by atoms with van der Waals surface area (Å²) in [5, 5.41) is 11.5. The number of fused-ring (bicyclic) bond motifs is 2. The van der Waals surface area contributed by atoms with Crippen molar-refractivity contribution in [1.82, 2.24) is 10.3 Å². The van der Waals surface area contributed by atoms with Gasteiger partial charge in [-0.25, -0.2) is 5.01 Å². The predicted molar refractivity (Wildman–Crippen MR) is 100.0 cm³/mol. The van der Waals surface area contributed by atoms with Gasteiger partial charge in [0.25, 0.3) is 5.91 Å². The van der Waals surface area contributed by atoms with Crippen LogP contribution >= 0.6 is 11.8 Å². The van der Waals surface area contributed by atoms with Crippen molar-refractivity contribution >= 4 is 28.5 Å². The third kappa shape index (κ3) is 3.05. The Labute approximate surface area is 150 Å². The van der Waals surface area contributed by atoms with Crippen LogP contribution in [-0.4, -0.2) is 22.2 Å². The number of nitrogens with one attached hydrogen (secondary N) is 1. The van der Waals surface area contributed by atoms with E-state index in [-0.39, 0.29) is 12.1 Å². The minimum atomic E-state index is -0.203. The predicted octanol–water partition coefficient (Wildman–Crippen LogP) is 1.72. The standard InChI is InChI=1S/C19H18N4OS/c1-12-7-9-14(10-8-12)11-25-19-21-18(24)17-15-5-3-4-6-16(15)20-13(2)23(17)22-19/h3-10,13H,11H2,1-2H3,(H,21,22,24). The molecule has 0 bridgehead atoms. The molecule has 0 aromatic heterocycles. The molecule has 2 heterocycles. The van der Waals surface area contributed by atoms with E-state index in [1.807, 2.05) is 31.2 Å². The first kappa shape index (κ1) is 15.9. The smallest absolute Gasteiger partial charge is 0.276 e. The van der Waals surface area contributed by atoms with E-state index in [1.165, 1.54) is 22.9 Å². The number of aryl methyl sites for hydroxylation is 1. The molecule has 4 rings (SSSR count). The van der Waals surface area contributed by atoms with Gasteiger partial charge in [0.2, 0.25) is 0 Å². The molecule has 2 aromatic carbocycles. The van der Waals surface area contributed by atoms with Crippen molar-refractivity contribution < 1.29 is 4.79 Å². The van der Waals surface area contributed by atoms with Gasteiger partial charge in [0.1, 0.15) is 11.9 Å². The van der Waals surface area contributed by atoms with E-state index in [2.05, 4.69) is 46.6 Å². The van der Waals surface area contributed by atoms with Crippen LogP contribution in [0.5, 0.6) is 0 Å². The summed E-state index contributed by atoms with van der Waals surface area (Å²) in [5.74, 6) is 0.626. The Balaban J connectivity index is 1.63. The summed E-state index contributed by atoms with van der Waals surface area (Å²) < 4.78 is 0. The molecule has 1 unspecified atom stereocenters. The van der Waals surface area contributed by atoms with Gasteiger partial charge in [-0.15, -0.1) is 5.10 Å². The number of hydrogen-bond acceptors (Lipinski definition) is 5. The van der Waals surface area contributed by atoms with Gasteiger partial charge in [-0.05, 0) is 25.5 Å². The summed E-state index contributed by atoms with van der Waals surface area (Å²) >= 11 is 1.52. The molecule has 2 aromatic rings. The third-order valence-corrected chi connectivity index (χ3v) is 5.13. The number of rotatable bonds is 2. The molecule has 1 atom stereocenters. The largest absolute Gasteiger partial charge is 0.298 e. The summed E-state index contributed by atoms with van der Waals surface area (Å²) in [6.45, 7) is 4.01. The molecule has 25 heavy (non-hydrogen) atoms. The zero-order valence-electron chi connectivity index (χ0n) is 14.1. The summed E-state index contributed by atoms with van der Waals surface area (Å²) in [5.41, 5.74) is 3.00. The molecule has 0 spiro atoms. The Hall–Kier alpha value is -2.60. The van der Waals surface area contributed by atoms with Gasteiger partial charge in [-0.2, -0.15) is 0 Å². The molecular weight excluding hydrogens is 332 g/mol. The van der Waals surface area contributed by atoms with Crippen molar-refractivity contribution in [3.63, 3.8) is 0 Å². The Kier molecular flexibility index (Phi) is 4.05. The highest BCUT2D eigenvalue weighted by Crippen LogP contribution is 2.22. The van der Waals surface area contributed by atoms with Crippen molar-refractivity contribution in [1.29, 1.82) is 0 Å². The molecule has 0 aliphatic carbocycles. The second kappa shape index (κ2) is 6.37. The molecule has 5 nitrogen and oxygen atoms in total. The summed E-state index contributed by atoms with van der Waals surface area (Å²) in [6, 6.07) is 16.0. The minimum absolute atomic E-state index is 0.129. The number of hydrazone groups is 1. The second-order valence-corrected chi connectivity index (χ2v) is 7.07. The summed E-state index contributed by atoms with van der Waals surface area (Å²) in [4.78, 5) is 17.3. The average molecular weight is 350 g/mol. The molecule has 0 radical (unpaired) electrons. The van der Waals surface area contributed by atoms with Gasteiger partial charge < -0.3 is 0 Å². The highest BCUT2D eigenvalue weighted by molar-refractivity contribution is 8.13. The normalized spacial score (nSPS) is 18.7. The molecule has 126 valence electrons. The Morgan fingerprint density at radius 3 is 2.72 bits per heavy atom. The van der Waals surface area contributed by atoms with E-state index in [0.717, 1.165) is 16.3 Å². The lowest BCUT2D eigenvalue weighted by atomic mass is 10.2. The molecule has 0 saturated heterocycles. The number of benzene rings is 2. The molecule has 1 N–H and O–H groups in total. The number of thioether (sulfide) groups is 1. The van der Waals surface area contributed by atoms with Crippen molar-refractivity contribution in [3.8, 4) is 0 Å². The SMILES string of the molecule is Cc1ccc(CSC2=NN3C(=c4ccccc4=NC3C)C(=O)N2)cc1. The molecule has 0 fully saturated rings. The first-order chi connectivity index (χ1) is 12.1. The maximum absolute atomic E-state index is 12.7. The summed E-state index contributed by atoms with van der Waals surface area (Å²) in [7, 11) is 0. The first-order valence-electron chi connectivity index (χ1n) is 8.16. The van der Waals surface area contributed by atoms with Crippen LogP contribution in [0.2, 0.25) is 0 Å². The second-order valence-electron chi connectivity index (χ2n) is 6.10. The fraction of sp³-hybridized carbons (Fsp3) is 0.211. The third-order valence-electron chi connectivity index (χ3n) is 4.20. The van der Waals surface area contributed by atoms with E-state index < -0.39 is 0 Å². The van der Waals surface area contributed by atoms with Crippen molar-refractivity contribution in [3.05, 3.63) is 70.2 Å². The van der Waals surface area contributed by atoms with E-state index in [1.54, 1.807) is 5.01 Å². The Bertz CT molecular complexity index is 981. The number of nitrogens with zero attached hydrogens (tertiary/aromatic N) is 3. The van der Waals surface area contributed by atoms with Crippen LogP contribution in [0.4, 0.5) is 0 Å². The lowest BCUT2D eigenvalue weighted by Gasteiger charge is -2.32. The first-order valence-corrected chi connectivity index (χ1v) is 9.15. The van der Waals surface area contributed by atoms with Crippen LogP contribution < -0.4 is 15.9 Å². The van der Waals surface area contributed by atoms with Crippen LogP contribution in [0.3, 0.4) is 0 Å². The van der Waals surface area contributed by atoms with Gasteiger partial charge in [-0.3, -0.25) is 15.1 Å². The number of amides is 1. The van der Waals surface area contributed by atoms with Gasteiger partial charge in [0.05, 0.1) is 5.36 Å². The van der Waals surface area contributed by atoms with Crippen LogP contribution in [0.1, 0.15) is 18.1 Å². The van der Waals surface area contributed by atoms with Gasteiger partial charge in [-0.1, -0.05) is 59.8 Å². The maximum Gasteiger partial charge on any atom is 0.276 e. The molecule has 2 aliphatic rings. The number of para-hydroxylation sites is 1. The van der Waals surface area contributed by atoms with E-state index >= 15 is 0 Å². The monoisotopic (exact) mass is 350 g/mol. The molecule has 1 amide bonds. The van der Waals surface area contributed by atoms with Gasteiger partial charge >= 0.3 is 0 Å². The zero-order chi connectivity index (χ0) is 17.4. The van der Waals surface area contributed by atoms with Gasteiger partial charge in [0.15, 0.2) is 5.17 Å². The Morgan fingerprint density at radius 2 is 1.92 bits per heavy atom. The molecule has 2 aliphatic heterocycles. The highest BCUT2D eigenvalue weighted by atomic mass is 32.2. The van der Waals surface area contributed by atoms with Gasteiger partial charge in [0, 0.05) is 11.0 Å². The Morgan fingerprint density at radius 1 is 1.16 bits per heavy atom. The lowest BCUT2D eigenvalue weighted by Crippen LogP contribution is -2.51. The number of hydrogen-bond donors (Lipinski definition) is 1. The van der Waals surface area contributed by atoms with Crippen LogP contribution in [0.25, 0.3) is 5.70 Å². The van der Waals surface area contributed by atoms with Crippen LogP contribution in [-0.2, 0) is 10.5 Å². The fourth-order valence-corrected chi connectivity index (χ4v) is 3.70. The van der Waals surface area contributed by atoms with Crippen molar-refractivity contribution in [2.45, 2.75) is 25.8 Å². The molecule has 0 saturated carbocycles. The van der Waals surface area contributed by atoms with E-state index in [9.17, 15) is 4.79 Å². The quantitative estimate of drug-likeness (QED) is 0.897. The van der Waals surface area contributed by atoms with Crippen molar-refractivity contribution in [2.24, 2.45) is 10.1 Å². The molecular formula is C19H18N4OS. The van der Waals surface area contributed by atoms with Crippen LogP contribution in [0, 0.1) is 6.92 Å². The zero-order valence-corrected chi connectivity index (χ0v) is 14.9. The number of carbonyl (C=O) groups excluding carboxylic acids is 1. The maximum atomic E-state index is 12.7. The average Bonchev–Trinajstić information content (AvgIpc) is 2.61. The topological polar surface area (TPSA) is 57.1 Å². The minimum Gasteiger partial charge on any atom is -0.298 e. The number of amidine groups is 1. The summed E-state index contributed by atoms with van der Waals surface area (Å²) in [6.07, 6.45) is -0.203. The van der Waals surface area contributed by atoms with E-state index in [0.29, 0.717) is 10.9 Å². The van der Waals surface area contributed by atoms with Crippen LogP contribution in [0.15, 0.2) is 58.6 Å². The highest BCUT2D eigenvalue weighted by Gasteiger charge is 2.31. The van der Waals surface area contributed by atoms with Crippen molar-refractivity contribution in [2.75, 3.05) is 0 Å². The fourth-order valence-electron chi connectivity index (χ4n) is 2.89. The molecule has 6 heteroatoms. The number of carbonyl (C=O) groups is 1. The van der Waals surface area contributed by atoms with E-state index in [4.69, 9.17) is 0 Å². The lowest BCUT2D eigenvalue weighted by molar-refractivity contribution is -0.116.